The molecular formula is C16H19ClN2O. The molecular weight excluding hydrogens is 272 g/mol. The smallest absolute Gasteiger partial charge is 0.136 e. The van der Waals surface area contributed by atoms with Crippen LogP contribution in [0.25, 0.3) is 10.8 Å². The molecule has 0 bridgehead atoms. The molecule has 0 spiro atoms. The maximum atomic E-state index is 6.32. The second-order valence-corrected chi connectivity index (χ2v) is 5.98. The van der Waals surface area contributed by atoms with Gasteiger partial charge in [0.1, 0.15) is 11.6 Å². The molecule has 2 unspecified atom stereocenters. The van der Waals surface area contributed by atoms with Gasteiger partial charge in [0, 0.05) is 35.4 Å². The van der Waals surface area contributed by atoms with Gasteiger partial charge in [-0.25, -0.2) is 4.98 Å². The van der Waals surface area contributed by atoms with Crippen LogP contribution in [0.3, 0.4) is 0 Å². The van der Waals surface area contributed by atoms with Crippen LogP contribution in [0.5, 0.6) is 5.75 Å². The number of anilines is 1. The molecule has 0 aliphatic carbocycles. The van der Waals surface area contributed by atoms with Gasteiger partial charge in [-0.1, -0.05) is 19.1 Å². The number of pyridine rings is 1. The average molecular weight is 291 g/mol. The first-order valence-corrected chi connectivity index (χ1v) is 7.45. The van der Waals surface area contributed by atoms with Crippen molar-refractivity contribution in [3.63, 3.8) is 0 Å². The van der Waals surface area contributed by atoms with Crippen LogP contribution in [0.1, 0.15) is 13.3 Å². The van der Waals surface area contributed by atoms with E-state index in [2.05, 4.69) is 22.9 Å². The molecule has 2 heterocycles. The first-order chi connectivity index (χ1) is 9.70. The zero-order chi connectivity index (χ0) is 14.1. The first-order valence-electron chi connectivity index (χ1n) is 7.01. The SMILES string of the molecule is COc1cccc2c(N3CCC(Cl)C(C)C3)nccc12. The highest BCUT2D eigenvalue weighted by Gasteiger charge is 2.26. The van der Waals surface area contributed by atoms with Crippen molar-refractivity contribution in [1.29, 1.82) is 0 Å². The number of piperidine rings is 1. The molecule has 2 aromatic rings. The summed E-state index contributed by atoms with van der Waals surface area (Å²) in [4.78, 5) is 6.93. The lowest BCUT2D eigenvalue weighted by Crippen LogP contribution is -2.40. The fourth-order valence-electron chi connectivity index (χ4n) is 2.90. The fourth-order valence-corrected chi connectivity index (χ4v) is 3.08. The van der Waals surface area contributed by atoms with Crippen LogP contribution in [0, 0.1) is 5.92 Å². The summed E-state index contributed by atoms with van der Waals surface area (Å²) in [5, 5.41) is 2.53. The standard InChI is InChI=1S/C16H19ClN2O/c1-11-10-19(9-7-14(11)17)16-13-4-3-5-15(20-2)12(13)6-8-18-16/h3-6,8,11,14H,7,9-10H2,1-2H3. The molecule has 3 rings (SSSR count). The number of fused-ring (bicyclic) bond motifs is 1. The summed E-state index contributed by atoms with van der Waals surface area (Å²) in [5.41, 5.74) is 0. The summed E-state index contributed by atoms with van der Waals surface area (Å²) in [5.74, 6) is 2.41. The van der Waals surface area contributed by atoms with E-state index in [4.69, 9.17) is 16.3 Å². The number of halogens is 1. The van der Waals surface area contributed by atoms with Crippen LogP contribution in [-0.2, 0) is 0 Å². The normalized spacial score (nSPS) is 23.1. The molecule has 1 aromatic heterocycles. The topological polar surface area (TPSA) is 25.4 Å². The first kappa shape index (κ1) is 13.5. The Kier molecular flexibility index (Phi) is 3.70. The van der Waals surface area contributed by atoms with E-state index in [1.807, 2.05) is 24.4 Å². The summed E-state index contributed by atoms with van der Waals surface area (Å²) in [6, 6.07) is 8.12. The Morgan fingerprint density at radius 2 is 2.15 bits per heavy atom. The average Bonchev–Trinajstić information content (AvgIpc) is 2.49. The number of hydrogen-bond donors (Lipinski definition) is 0. The molecule has 1 fully saturated rings. The van der Waals surface area contributed by atoms with Crippen LogP contribution in [-0.4, -0.2) is 30.6 Å². The lowest BCUT2D eigenvalue weighted by atomic mass is 9.99. The van der Waals surface area contributed by atoms with E-state index < -0.39 is 0 Å². The van der Waals surface area contributed by atoms with Gasteiger partial charge < -0.3 is 9.64 Å². The van der Waals surface area contributed by atoms with Gasteiger partial charge in [0.15, 0.2) is 0 Å². The van der Waals surface area contributed by atoms with Gasteiger partial charge in [-0.2, -0.15) is 0 Å². The number of ether oxygens (including phenoxy) is 1. The van der Waals surface area contributed by atoms with Gasteiger partial charge >= 0.3 is 0 Å². The molecule has 2 atom stereocenters. The predicted molar refractivity (Wildman–Crippen MR) is 83.9 cm³/mol. The van der Waals surface area contributed by atoms with Crippen LogP contribution in [0.15, 0.2) is 30.5 Å². The summed E-state index contributed by atoms with van der Waals surface area (Å²) < 4.78 is 5.44. The van der Waals surface area contributed by atoms with Crippen molar-refractivity contribution in [1.82, 2.24) is 4.98 Å². The maximum absolute atomic E-state index is 6.32. The summed E-state index contributed by atoms with van der Waals surface area (Å²) in [6.45, 7) is 4.12. The highest BCUT2D eigenvalue weighted by molar-refractivity contribution is 6.20. The van der Waals surface area contributed by atoms with Gasteiger partial charge in [0.05, 0.1) is 7.11 Å². The number of nitrogens with zero attached hydrogens (tertiary/aromatic N) is 2. The van der Waals surface area contributed by atoms with Gasteiger partial charge in [-0.3, -0.25) is 0 Å². The largest absolute Gasteiger partial charge is 0.496 e. The molecule has 4 heteroatoms. The number of methoxy groups -OCH3 is 1. The van der Waals surface area contributed by atoms with E-state index >= 15 is 0 Å². The molecule has 1 aromatic carbocycles. The van der Waals surface area contributed by atoms with E-state index in [0.29, 0.717) is 5.92 Å². The van der Waals surface area contributed by atoms with E-state index in [1.165, 1.54) is 0 Å². The van der Waals surface area contributed by atoms with Crippen molar-refractivity contribution in [3.05, 3.63) is 30.5 Å². The van der Waals surface area contributed by atoms with E-state index in [9.17, 15) is 0 Å². The lowest BCUT2D eigenvalue weighted by Gasteiger charge is -2.35. The van der Waals surface area contributed by atoms with Crippen molar-refractivity contribution >= 4 is 28.2 Å². The number of benzene rings is 1. The van der Waals surface area contributed by atoms with Crippen LogP contribution >= 0.6 is 11.6 Å². The minimum atomic E-state index is 0.274. The summed E-state index contributed by atoms with van der Waals surface area (Å²) in [7, 11) is 1.70. The van der Waals surface area contributed by atoms with Crippen molar-refractivity contribution < 1.29 is 4.74 Å². The third kappa shape index (κ3) is 2.31. The zero-order valence-corrected chi connectivity index (χ0v) is 12.6. The second-order valence-electron chi connectivity index (χ2n) is 5.42. The molecule has 0 amide bonds. The van der Waals surface area contributed by atoms with Crippen LogP contribution in [0.4, 0.5) is 5.82 Å². The number of alkyl halides is 1. The van der Waals surface area contributed by atoms with Gasteiger partial charge in [0.2, 0.25) is 0 Å². The van der Waals surface area contributed by atoms with E-state index in [1.54, 1.807) is 7.11 Å². The Balaban J connectivity index is 2.04. The minimum Gasteiger partial charge on any atom is -0.496 e. The highest BCUT2D eigenvalue weighted by atomic mass is 35.5. The van der Waals surface area contributed by atoms with Crippen molar-refractivity contribution in [3.8, 4) is 5.75 Å². The minimum absolute atomic E-state index is 0.274. The van der Waals surface area contributed by atoms with Gasteiger partial charge in [-0.05, 0) is 24.5 Å². The van der Waals surface area contributed by atoms with E-state index in [-0.39, 0.29) is 5.38 Å². The van der Waals surface area contributed by atoms with Crippen LogP contribution in [0.2, 0.25) is 0 Å². The molecule has 0 N–H and O–H groups in total. The Morgan fingerprint density at radius 3 is 2.90 bits per heavy atom. The molecule has 3 nitrogen and oxygen atoms in total. The summed E-state index contributed by atoms with van der Waals surface area (Å²) in [6.07, 6.45) is 2.86. The monoisotopic (exact) mass is 290 g/mol. The van der Waals surface area contributed by atoms with Crippen molar-refractivity contribution in [2.45, 2.75) is 18.7 Å². The Labute approximate surface area is 124 Å². The summed E-state index contributed by atoms with van der Waals surface area (Å²) >= 11 is 6.32. The molecule has 20 heavy (non-hydrogen) atoms. The fraction of sp³-hybridized carbons (Fsp3) is 0.438. The zero-order valence-electron chi connectivity index (χ0n) is 11.8. The lowest BCUT2D eigenvalue weighted by molar-refractivity contribution is 0.419. The molecule has 106 valence electrons. The quantitative estimate of drug-likeness (QED) is 0.789. The van der Waals surface area contributed by atoms with E-state index in [0.717, 1.165) is 41.9 Å². The Bertz CT molecular complexity index is 616. The van der Waals surface area contributed by atoms with Crippen molar-refractivity contribution in [2.24, 2.45) is 5.92 Å². The van der Waals surface area contributed by atoms with Crippen molar-refractivity contribution in [2.75, 3.05) is 25.1 Å². The number of hydrogen-bond acceptors (Lipinski definition) is 3. The molecule has 0 radical (unpaired) electrons. The number of rotatable bonds is 2. The number of aromatic nitrogens is 1. The maximum Gasteiger partial charge on any atom is 0.136 e. The highest BCUT2D eigenvalue weighted by Crippen LogP contribution is 2.33. The molecule has 0 saturated carbocycles. The molecule has 1 saturated heterocycles. The van der Waals surface area contributed by atoms with Crippen LogP contribution < -0.4 is 9.64 Å². The Morgan fingerprint density at radius 1 is 1.30 bits per heavy atom. The third-order valence-electron chi connectivity index (χ3n) is 4.07. The molecule has 1 aliphatic heterocycles. The second kappa shape index (κ2) is 5.49. The molecule has 1 aliphatic rings. The predicted octanol–water partition coefficient (Wildman–Crippen LogP) is 3.70. The van der Waals surface area contributed by atoms with Gasteiger partial charge in [-0.15, -0.1) is 11.6 Å². The third-order valence-corrected chi connectivity index (χ3v) is 4.71. The Hall–Kier alpha value is -1.48. The van der Waals surface area contributed by atoms with Gasteiger partial charge in [0.25, 0.3) is 0 Å².